The van der Waals surface area contributed by atoms with Crippen LogP contribution in [0, 0.1) is 0 Å². The number of anilines is 1. The van der Waals surface area contributed by atoms with Gasteiger partial charge in [0.15, 0.2) is 5.82 Å². The first-order valence-corrected chi connectivity index (χ1v) is 9.96. The second-order valence-corrected chi connectivity index (χ2v) is 8.39. The number of aromatic nitrogens is 4. The largest absolute Gasteiger partial charge is 0.478 e. The molecule has 3 aromatic rings. The molecule has 8 nitrogen and oxygen atoms in total. The maximum atomic E-state index is 12.9. The summed E-state index contributed by atoms with van der Waals surface area (Å²) in [7, 11) is 1.47. The van der Waals surface area contributed by atoms with Gasteiger partial charge >= 0.3 is 0 Å². The van der Waals surface area contributed by atoms with Gasteiger partial charge in [-0.2, -0.15) is 4.98 Å². The van der Waals surface area contributed by atoms with Crippen molar-refractivity contribution < 1.29 is 23.0 Å². The highest BCUT2D eigenvalue weighted by Crippen LogP contribution is 2.53. The fourth-order valence-electron chi connectivity index (χ4n) is 4.55. The predicted molar refractivity (Wildman–Crippen MR) is 107 cm³/mol. The van der Waals surface area contributed by atoms with Crippen LogP contribution in [0.25, 0.3) is 5.65 Å². The SMILES string of the molecule is COc1nc(NC(=O)c2cccc(C(F)F)n2)cn2cc([C@]34CC[C@](C)(C3)OC4)nc12. The fraction of sp³-hybridized carbons (Fsp3) is 0.429. The number of ether oxygens (including phenoxy) is 2. The molecular formula is C21H21F2N5O3. The molecule has 1 amide bonds. The predicted octanol–water partition coefficient (Wildman–Crippen LogP) is 3.53. The summed E-state index contributed by atoms with van der Waals surface area (Å²) < 4.78 is 38.9. The zero-order valence-corrected chi connectivity index (χ0v) is 17.1. The lowest BCUT2D eigenvalue weighted by atomic mass is 9.84. The molecule has 2 bridgehead atoms. The Morgan fingerprint density at radius 2 is 2.10 bits per heavy atom. The van der Waals surface area contributed by atoms with E-state index >= 15 is 0 Å². The van der Waals surface area contributed by atoms with Crippen LogP contribution < -0.4 is 10.1 Å². The number of nitrogens with zero attached hydrogens (tertiary/aromatic N) is 4. The summed E-state index contributed by atoms with van der Waals surface area (Å²) >= 11 is 0. The van der Waals surface area contributed by atoms with Gasteiger partial charge in [0.05, 0.1) is 31.2 Å². The third kappa shape index (κ3) is 3.31. The second kappa shape index (κ2) is 6.94. The van der Waals surface area contributed by atoms with E-state index in [0.29, 0.717) is 12.3 Å². The number of halogens is 2. The zero-order chi connectivity index (χ0) is 21.8. The van der Waals surface area contributed by atoms with Gasteiger partial charge in [-0.15, -0.1) is 0 Å². The first-order chi connectivity index (χ1) is 14.8. The second-order valence-electron chi connectivity index (χ2n) is 8.39. The Balaban J connectivity index is 1.46. The maximum absolute atomic E-state index is 12.9. The molecule has 1 N–H and O–H groups in total. The van der Waals surface area contributed by atoms with Gasteiger partial charge in [0.2, 0.25) is 5.65 Å². The Labute approximate surface area is 176 Å². The topological polar surface area (TPSA) is 90.6 Å². The van der Waals surface area contributed by atoms with Crippen molar-refractivity contribution in [1.29, 1.82) is 0 Å². The van der Waals surface area contributed by atoms with Crippen LogP contribution in [0.4, 0.5) is 14.6 Å². The van der Waals surface area contributed by atoms with Crippen molar-refractivity contribution in [3.63, 3.8) is 0 Å². The average Bonchev–Trinajstić information content (AvgIpc) is 3.44. The number of carbonyl (C=O) groups excluding carboxylic acids is 1. The first kappa shape index (κ1) is 19.8. The Hall–Kier alpha value is -3.14. The van der Waals surface area contributed by atoms with Gasteiger partial charge in [0.25, 0.3) is 18.2 Å². The molecule has 0 aromatic carbocycles. The number of hydrogen-bond donors (Lipinski definition) is 1. The molecule has 31 heavy (non-hydrogen) atoms. The molecule has 1 saturated carbocycles. The number of imidazole rings is 1. The molecule has 162 valence electrons. The van der Waals surface area contributed by atoms with Gasteiger partial charge in [0.1, 0.15) is 11.4 Å². The van der Waals surface area contributed by atoms with Gasteiger partial charge in [0, 0.05) is 11.6 Å². The van der Waals surface area contributed by atoms with Crippen molar-refractivity contribution in [3.8, 4) is 5.88 Å². The highest BCUT2D eigenvalue weighted by Gasteiger charge is 2.55. The van der Waals surface area contributed by atoms with Crippen molar-refractivity contribution in [1.82, 2.24) is 19.4 Å². The third-order valence-electron chi connectivity index (χ3n) is 6.15. The number of alkyl halides is 2. The number of nitrogens with one attached hydrogen (secondary N) is 1. The van der Waals surface area contributed by atoms with Crippen LogP contribution in [-0.4, -0.2) is 44.6 Å². The number of rotatable bonds is 5. The van der Waals surface area contributed by atoms with Gasteiger partial charge in [-0.05, 0) is 38.3 Å². The summed E-state index contributed by atoms with van der Waals surface area (Å²) in [6, 6.07) is 3.89. The lowest BCUT2D eigenvalue weighted by Crippen LogP contribution is -2.26. The maximum Gasteiger partial charge on any atom is 0.280 e. The Kier molecular flexibility index (Phi) is 4.44. The van der Waals surface area contributed by atoms with E-state index < -0.39 is 18.0 Å². The van der Waals surface area contributed by atoms with E-state index in [4.69, 9.17) is 14.5 Å². The standard InChI is InChI=1S/C21H21F2N5O3/c1-20-6-7-21(10-20,11-31-20)14-8-28-9-15(27-19(30-2)17(28)25-14)26-18(29)13-5-3-4-12(24-13)16(22)23/h3-5,8-9,16H,6-7,10-11H2,1-2H3,(H,26,29)/t20-,21-/m1/s1. The summed E-state index contributed by atoms with van der Waals surface area (Å²) in [4.78, 5) is 25.3. The van der Waals surface area contributed by atoms with E-state index in [0.717, 1.165) is 25.0 Å². The van der Waals surface area contributed by atoms with Crippen LogP contribution in [0.3, 0.4) is 0 Å². The summed E-state index contributed by atoms with van der Waals surface area (Å²) in [6.07, 6.45) is 3.66. The minimum absolute atomic E-state index is 0.100. The lowest BCUT2D eigenvalue weighted by Gasteiger charge is -2.24. The highest BCUT2D eigenvalue weighted by molar-refractivity contribution is 6.02. The first-order valence-electron chi connectivity index (χ1n) is 9.96. The molecule has 4 heterocycles. The molecule has 1 aliphatic heterocycles. The van der Waals surface area contributed by atoms with Crippen LogP contribution >= 0.6 is 0 Å². The van der Waals surface area contributed by atoms with Crippen molar-refractivity contribution >= 4 is 17.4 Å². The zero-order valence-electron chi connectivity index (χ0n) is 17.1. The Morgan fingerprint density at radius 3 is 2.74 bits per heavy atom. The summed E-state index contributed by atoms with van der Waals surface area (Å²) in [5.74, 6) is -0.209. The smallest absolute Gasteiger partial charge is 0.280 e. The van der Waals surface area contributed by atoms with Crippen LogP contribution in [0.15, 0.2) is 30.6 Å². The van der Waals surface area contributed by atoms with Crippen molar-refractivity contribution in [2.24, 2.45) is 0 Å². The van der Waals surface area contributed by atoms with Crippen LogP contribution in [0.1, 0.15) is 54.5 Å². The van der Waals surface area contributed by atoms with Crippen LogP contribution in [0.2, 0.25) is 0 Å². The van der Waals surface area contributed by atoms with Gasteiger partial charge < -0.3 is 14.8 Å². The van der Waals surface area contributed by atoms with E-state index in [1.54, 1.807) is 10.6 Å². The van der Waals surface area contributed by atoms with Crippen molar-refractivity contribution in [2.75, 3.05) is 19.0 Å². The average molecular weight is 429 g/mol. The van der Waals surface area contributed by atoms with E-state index in [1.807, 2.05) is 6.20 Å². The van der Waals surface area contributed by atoms with Gasteiger partial charge in [-0.3, -0.25) is 9.20 Å². The van der Waals surface area contributed by atoms with E-state index in [2.05, 4.69) is 22.2 Å². The quantitative estimate of drug-likeness (QED) is 0.667. The van der Waals surface area contributed by atoms with E-state index in [9.17, 15) is 13.6 Å². The minimum atomic E-state index is -2.76. The number of hydrogen-bond acceptors (Lipinski definition) is 6. The number of pyridine rings is 1. The fourth-order valence-corrected chi connectivity index (χ4v) is 4.55. The van der Waals surface area contributed by atoms with Crippen molar-refractivity contribution in [3.05, 3.63) is 47.7 Å². The number of carbonyl (C=O) groups is 1. The molecule has 2 fully saturated rings. The molecule has 3 aromatic heterocycles. The van der Waals surface area contributed by atoms with E-state index in [1.165, 1.54) is 25.3 Å². The molecule has 2 atom stereocenters. The highest BCUT2D eigenvalue weighted by atomic mass is 19.3. The van der Waals surface area contributed by atoms with E-state index in [-0.39, 0.29) is 28.4 Å². The molecule has 0 radical (unpaired) electrons. The van der Waals surface area contributed by atoms with Gasteiger partial charge in [-0.25, -0.2) is 18.7 Å². The molecule has 1 saturated heterocycles. The summed E-state index contributed by atoms with van der Waals surface area (Å²) in [5.41, 5.74) is 0.616. The minimum Gasteiger partial charge on any atom is -0.478 e. The summed E-state index contributed by atoms with van der Waals surface area (Å²) in [6.45, 7) is 2.75. The number of methoxy groups -OCH3 is 1. The Morgan fingerprint density at radius 1 is 1.26 bits per heavy atom. The monoisotopic (exact) mass is 429 g/mol. The molecule has 1 aliphatic carbocycles. The molecule has 0 unspecified atom stereocenters. The normalized spacial score (nSPS) is 24.8. The molecule has 10 heteroatoms. The molecule has 2 aliphatic rings. The lowest BCUT2D eigenvalue weighted by molar-refractivity contribution is -0.00627. The summed E-state index contributed by atoms with van der Waals surface area (Å²) in [5, 5.41) is 2.60. The molecule has 5 rings (SSSR count). The van der Waals surface area contributed by atoms with Crippen LogP contribution in [-0.2, 0) is 10.2 Å². The number of fused-ring (bicyclic) bond motifs is 3. The molecule has 0 spiro atoms. The molecular weight excluding hydrogens is 408 g/mol. The van der Waals surface area contributed by atoms with Gasteiger partial charge in [-0.1, -0.05) is 6.07 Å². The Bertz CT molecular complexity index is 1170. The number of amides is 1. The third-order valence-corrected chi connectivity index (χ3v) is 6.15. The van der Waals surface area contributed by atoms with Crippen molar-refractivity contribution in [2.45, 2.75) is 43.6 Å². The van der Waals surface area contributed by atoms with Crippen LogP contribution in [0.5, 0.6) is 5.88 Å².